The van der Waals surface area contributed by atoms with E-state index in [-0.39, 0.29) is 35.5 Å². The zero-order valence-electron chi connectivity index (χ0n) is 18.6. The Morgan fingerprint density at radius 3 is 2.39 bits per heavy atom. The number of rotatable bonds is 8. The third kappa shape index (κ3) is 4.37. The summed E-state index contributed by atoms with van der Waals surface area (Å²) >= 11 is 0. The van der Waals surface area contributed by atoms with E-state index in [2.05, 4.69) is 70.9 Å². The minimum absolute atomic E-state index is 0.00718. The van der Waals surface area contributed by atoms with E-state index in [1.54, 1.807) is 7.05 Å². The number of imide groups is 1. The van der Waals surface area contributed by atoms with Crippen molar-refractivity contribution in [2.75, 3.05) is 33.7 Å². The van der Waals surface area contributed by atoms with Crippen molar-refractivity contribution < 1.29 is 9.59 Å². The molecular formula is C24H33N5O2. The highest BCUT2D eigenvalue weighted by Gasteiger charge is 2.58. The number of nitrogens with zero attached hydrogens (tertiary/aromatic N) is 3. The van der Waals surface area contributed by atoms with Crippen molar-refractivity contribution in [3.05, 3.63) is 48.0 Å². The van der Waals surface area contributed by atoms with Crippen LogP contribution in [0.1, 0.15) is 18.9 Å². The van der Waals surface area contributed by atoms with Crippen molar-refractivity contribution in [2.45, 2.75) is 25.9 Å². The fourth-order valence-corrected chi connectivity index (χ4v) is 5.12. The lowest BCUT2D eigenvalue weighted by Crippen LogP contribution is -2.47. The number of nitrogens with one attached hydrogen (secondary N) is 2. The average molecular weight is 424 g/mol. The number of likely N-dealkylation sites (tertiary alicyclic amines) is 1. The summed E-state index contributed by atoms with van der Waals surface area (Å²) in [4.78, 5) is 33.5. The van der Waals surface area contributed by atoms with Gasteiger partial charge in [-0.1, -0.05) is 42.5 Å². The van der Waals surface area contributed by atoms with E-state index in [1.807, 2.05) is 6.07 Å². The summed E-state index contributed by atoms with van der Waals surface area (Å²) in [6.45, 7) is 4.67. The van der Waals surface area contributed by atoms with Crippen LogP contribution in [0, 0.1) is 23.7 Å². The molecule has 1 saturated carbocycles. The minimum atomic E-state index is -0.124. The quantitative estimate of drug-likeness (QED) is 0.287. The standard InChI is InChI=1S/C24H33N5O2/c1-16(28(3)15-17-7-5-4-6-8-17)14-27-24(25-2)26-11-12-29-22(30)20-18-9-10-19(13-18)21(20)23(29)31/h4-10,16,18-21H,11-15H2,1-3H3,(H2,25,26,27). The molecule has 166 valence electrons. The van der Waals surface area contributed by atoms with E-state index in [1.165, 1.54) is 10.5 Å². The van der Waals surface area contributed by atoms with Gasteiger partial charge in [0.2, 0.25) is 11.8 Å². The molecule has 7 heteroatoms. The normalized spacial score (nSPS) is 27.9. The van der Waals surface area contributed by atoms with Crippen LogP contribution in [0.3, 0.4) is 0 Å². The molecular weight excluding hydrogens is 390 g/mol. The molecule has 2 bridgehead atoms. The number of guanidine groups is 1. The zero-order valence-corrected chi connectivity index (χ0v) is 18.6. The first kappa shape index (κ1) is 21.6. The molecule has 2 N–H and O–H groups in total. The van der Waals surface area contributed by atoms with Gasteiger partial charge in [-0.15, -0.1) is 0 Å². The van der Waals surface area contributed by atoms with Gasteiger partial charge in [0.25, 0.3) is 0 Å². The number of fused-ring (bicyclic) bond motifs is 5. The third-order valence-electron chi connectivity index (χ3n) is 7.01. The highest BCUT2D eigenvalue weighted by Crippen LogP contribution is 2.52. The Kier molecular flexibility index (Phi) is 6.41. The molecule has 2 amide bonds. The molecule has 1 aliphatic heterocycles. The van der Waals surface area contributed by atoms with Crippen LogP contribution in [0.25, 0.3) is 0 Å². The lowest BCUT2D eigenvalue weighted by molar-refractivity contribution is -0.140. The van der Waals surface area contributed by atoms with Crippen molar-refractivity contribution in [2.24, 2.45) is 28.7 Å². The summed E-state index contributed by atoms with van der Waals surface area (Å²) in [5.74, 6) is 0.963. The topological polar surface area (TPSA) is 77.0 Å². The summed E-state index contributed by atoms with van der Waals surface area (Å²) in [6, 6.07) is 10.7. The predicted molar refractivity (Wildman–Crippen MR) is 121 cm³/mol. The monoisotopic (exact) mass is 423 g/mol. The summed E-state index contributed by atoms with van der Waals surface area (Å²) in [5, 5.41) is 6.59. The molecule has 7 nitrogen and oxygen atoms in total. The lowest BCUT2D eigenvalue weighted by atomic mass is 9.85. The average Bonchev–Trinajstić information content (AvgIpc) is 3.46. The number of allylic oxidation sites excluding steroid dienone is 2. The Hall–Kier alpha value is -2.67. The van der Waals surface area contributed by atoms with Crippen LogP contribution in [-0.2, 0) is 16.1 Å². The summed E-state index contributed by atoms with van der Waals surface area (Å²) in [6.07, 6.45) is 5.22. The number of aliphatic imine (C=N–C) groups is 1. The van der Waals surface area contributed by atoms with Crippen molar-refractivity contribution in [3.63, 3.8) is 0 Å². The van der Waals surface area contributed by atoms with E-state index in [9.17, 15) is 9.59 Å². The van der Waals surface area contributed by atoms with E-state index >= 15 is 0 Å². The molecule has 5 atom stereocenters. The van der Waals surface area contributed by atoms with E-state index in [0.717, 1.165) is 19.5 Å². The molecule has 0 radical (unpaired) electrons. The van der Waals surface area contributed by atoms with Gasteiger partial charge in [-0.3, -0.25) is 24.4 Å². The smallest absolute Gasteiger partial charge is 0.233 e. The van der Waals surface area contributed by atoms with Gasteiger partial charge in [0.05, 0.1) is 11.8 Å². The maximum absolute atomic E-state index is 12.8. The van der Waals surface area contributed by atoms with Crippen LogP contribution < -0.4 is 10.6 Å². The van der Waals surface area contributed by atoms with Crippen LogP contribution in [0.4, 0.5) is 0 Å². The molecule has 0 spiro atoms. The molecule has 3 aliphatic rings. The van der Waals surface area contributed by atoms with Gasteiger partial charge < -0.3 is 10.6 Å². The zero-order chi connectivity index (χ0) is 22.0. The van der Waals surface area contributed by atoms with Gasteiger partial charge in [-0.05, 0) is 37.8 Å². The number of likely N-dealkylation sites (N-methyl/N-ethyl adjacent to an activating group) is 1. The first-order valence-corrected chi connectivity index (χ1v) is 11.2. The lowest BCUT2D eigenvalue weighted by Gasteiger charge is -2.26. The molecule has 1 aromatic rings. The number of benzene rings is 1. The van der Waals surface area contributed by atoms with Crippen LogP contribution in [0.5, 0.6) is 0 Å². The molecule has 1 saturated heterocycles. The number of carbonyl (C=O) groups is 2. The fraction of sp³-hybridized carbons (Fsp3) is 0.542. The largest absolute Gasteiger partial charge is 0.355 e. The van der Waals surface area contributed by atoms with E-state index in [0.29, 0.717) is 25.1 Å². The van der Waals surface area contributed by atoms with Crippen LogP contribution in [-0.4, -0.2) is 67.3 Å². The SMILES string of the molecule is CN=C(NCCN1C(=O)C2C3C=CC(C3)C2C1=O)NCC(C)N(C)Cc1ccccc1. The first-order valence-electron chi connectivity index (χ1n) is 11.2. The van der Waals surface area contributed by atoms with Crippen molar-refractivity contribution in [1.82, 2.24) is 20.4 Å². The molecule has 31 heavy (non-hydrogen) atoms. The second-order valence-electron chi connectivity index (χ2n) is 8.96. The maximum Gasteiger partial charge on any atom is 0.233 e. The van der Waals surface area contributed by atoms with Crippen molar-refractivity contribution in [3.8, 4) is 0 Å². The molecule has 0 aromatic heterocycles. The Morgan fingerprint density at radius 1 is 1.13 bits per heavy atom. The summed E-state index contributed by atoms with van der Waals surface area (Å²) < 4.78 is 0. The van der Waals surface area contributed by atoms with E-state index in [4.69, 9.17) is 0 Å². The molecule has 5 unspecified atom stereocenters. The summed E-state index contributed by atoms with van der Waals surface area (Å²) in [7, 11) is 3.84. The highest BCUT2D eigenvalue weighted by molar-refractivity contribution is 6.06. The predicted octanol–water partition coefficient (Wildman–Crippen LogP) is 1.48. The van der Waals surface area contributed by atoms with Gasteiger partial charge in [-0.2, -0.15) is 0 Å². The molecule has 1 aromatic carbocycles. The second kappa shape index (κ2) is 9.22. The van der Waals surface area contributed by atoms with Gasteiger partial charge in [0, 0.05) is 39.3 Å². The Morgan fingerprint density at radius 2 is 1.77 bits per heavy atom. The van der Waals surface area contributed by atoms with Gasteiger partial charge in [-0.25, -0.2) is 0 Å². The number of hydrogen-bond acceptors (Lipinski definition) is 4. The molecule has 1 heterocycles. The van der Waals surface area contributed by atoms with Gasteiger partial charge in [0.1, 0.15) is 0 Å². The second-order valence-corrected chi connectivity index (χ2v) is 8.96. The first-order chi connectivity index (χ1) is 15.0. The van der Waals surface area contributed by atoms with Crippen molar-refractivity contribution in [1.29, 1.82) is 0 Å². The minimum Gasteiger partial charge on any atom is -0.355 e. The Bertz CT molecular complexity index is 838. The van der Waals surface area contributed by atoms with Crippen molar-refractivity contribution >= 4 is 17.8 Å². The number of carbonyl (C=O) groups excluding carboxylic acids is 2. The van der Waals surface area contributed by atoms with Crippen LogP contribution in [0.2, 0.25) is 0 Å². The van der Waals surface area contributed by atoms with Crippen LogP contribution in [0.15, 0.2) is 47.5 Å². The highest BCUT2D eigenvalue weighted by atomic mass is 16.2. The maximum atomic E-state index is 12.8. The molecule has 4 rings (SSSR count). The van der Waals surface area contributed by atoms with Gasteiger partial charge in [0.15, 0.2) is 5.96 Å². The number of hydrogen-bond donors (Lipinski definition) is 2. The van der Waals surface area contributed by atoms with Gasteiger partial charge >= 0.3 is 0 Å². The number of amides is 2. The summed E-state index contributed by atoms with van der Waals surface area (Å²) in [5.41, 5.74) is 1.28. The Balaban J connectivity index is 1.20. The van der Waals surface area contributed by atoms with E-state index < -0.39 is 0 Å². The molecule has 2 aliphatic carbocycles. The fourth-order valence-electron chi connectivity index (χ4n) is 5.12. The Labute approximate surface area is 184 Å². The third-order valence-corrected chi connectivity index (χ3v) is 7.01. The molecule has 2 fully saturated rings. The van der Waals surface area contributed by atoms with Crippen LogP contribution >= 0.6 is 0 Å².